The second kappa shape index (κ2) is 6.15. The van der Waals surface area contributed by atoms with Crippen molar-refractivity contribution >= 4 is 28.7 Å². The summed E-state index contributed by atoms with van der Waals surface area (Å²) in [5.41, 5.74) is 1.97. The molecule has 2 N–H and O–H groups in total. The topological polar surface area (TPSA) is 91.2 Å². The van der Waals surface area contributed by atoms with Crippen molar-refractivity contribution in [3.8, 4) is 0 Å². The lowest BCUT2D eigenvalue weighted by molar-refractivity contribution is -0.140. The van der Waals surface area contributed by atoms with Gasteiger partial charge in [0.1, 0.15) is 6.54 Å². The van der Waals surface area contributed by atoms with Gasteiger partial charge < -0.3 is 15.2 Å². The van der Waals surface area contributed by atoms with E-state index in [-0.39, 0.29) is 0 Å². The van der Waals surface area contributed by atoms with Crippen LogP contribution >= 0.6 is 0 Å². The van der Waals surface area contributed by atoms with Crippen molar-refractivity contribution < 1.29 is 18.0 Å². The van der Waals surface area contributed by atoms with E-state index in [0.717, 1.165) is 5.52 Å². The smallest absolute Gasteiger partial charge is 0.347 e. The van der Waals surface area contributed by atoms with Crippen LogP contribution in [0, 0.1) is 5.92 Å². The Morgan fingerprint density at radius 3 is 3.04 bits per heavy atom. The number of halogens is 3. The van der Waals surface area contributed by atoms with Gasteiger partial charge in [0.15, 0.2) is 11.3 Å². The number of fused-ring (bicyclic) bond motifs is 3. The Bertz CT molecular complexity index is 948. The summed E-state index contributed by atoms with van der Waals surface area (Å²) in [5, 5.41) is 10.1. The predicted molar refractivity (Wildman–Crippen MR) is 86.6 cm³/mol. The van der Waals surface area contributed by atoms with Crippen molar-refractivity contribution in [3.63, 3.8) is 0 Å². The zero-order valence-electron chi connectivity index (χ0n) is 13.6. The van der Waals surface area contributed by atoms with Crippen molar-refractivity contribution in [3.05, 3.63) is 18.5 Å². The van der Waals surface area contributed by atoms with Gasteiger partial charge in [0, 0.05) is 19.3 Å². The van der Waals surface area contributed by atoms with Gasteiger partial charge in [0.25, 0.3) is 0 Å². The van der Waals surface area contributed by atoms with E-state index in [1.807, 2.05) is 20.7 Å². The average Bonchev–Trinajstić information content (AvgIpc) is 3.24. The number of amides is 1. The first-order chi connectivity index (χ1) is 12.4. The molecule has 1 unspecified atom stereocenters. The van der Waals surface area contributed by atoms with Gasteiger partial charge in [-0.1, -0.05) is 0 Å². The number of H-pyrrole nitrogens is 1. The monoisotopic (exact) mass is 367 g/mol. The highest BCUT2D eigenvalue weighted by Crippen LogP contribution is 2.25. The summed E-state index contributed by atoms with van der Waals surface area (Å²) in [4.78, 5) is 21.4. The normalized spacial score (nSPS) is 18.6. The Morgan fingerprint density at radius 1 is 1.38 bits per heavy atom. The van der Waals surface area contributed by atoms with Gasteiger partial charge in [-0.05, 0) is 18.9 Å². The zero-order chi connectivity index (χ0) is 18.3. The van der Waals surface area contributed by atoms with Crippen LogP contribution in [0.5, 0.6) is 0 Å². The van der Waals surface area contributed by atoms with E-state index in [1.54, 1.807) is 12.4 Å². The summed E-state index contributed by atoms with van der Waals surface area (Å²) in [6.07, 6.45) is 0.146. The molecule has 4 heterocycles. The molecule has 3 aromatic heterocycles. The average molecular weight is 367 g/mol. The van der Waals surface area contributed by atoms with Crippen LogP contribution in [0.15, 0.2) is 18.5 Å². The quantitative estimate of drug-likeness (QED) is 0.732. The predicted octanol–water partition coefficient (Wildman–Crippen LogP) is 1.50. The minimum absolute atomic E-state index is 0.303. The van der Waals surface area contributed by atoms with E-state index in [1.165, 1.54) is 0 Å². The molecule has 0 aliphatic carbocycles. The lowest BCUT2D eigenvalue weighted by atomic mass is 9.97. The Labute approximate surface area is 145 Å². The summed E-state index contributed by atoms with van der Waals surface area (Å²) < 4.78 is 38.8. The molecule has 0 bridgehead atoms. The maximum atomic E-state index is 12.3. The summed E-state index contributed by atoms with van der Waals surface area (Å²) >= 11 is 0. The van der Waals surface area contributed by atoms with E-state index in [4.69, 9.17) is 0 Å². The van der Waals surface area contributed by atoms with Gasteiger partial charge in [-0.3, -0.25) is 9.20 Å². The van der Waals surface area contributed by atoms with E-state index >= 15 is 0 Å². The highest BCUT2D eigenvalue weighted by atomic mass is 19.4. The molecule has 0 radical (unpaired) electrons. The summed E-state index contributed by atoms with van der Waals surface area (Å²) in [6, 6.07) is 1.85. The number of hydrogen-bond donors (Lipinski definition) is 2. The SMILES string of the molecule is O=C(NCC(F)(F)F)C1CCCN(c2ncc3nnc4[nH]ccc4n23)C1. The number of nitrogens with one attached hydrogen (secondary N) is 2. The number of aromatic nitrogens is 5. The van der Waals surface area contributed by atoms with Gasteiger partial charge in [0.05, 0.1) is 17.6 Å². The number of imidazole rings is 1. The molecule has 1 atom stereocenters. The molecule has 1 saturated heterocycles. The molecule has 11 heteroatoms. The molecular weight excluding hydrogens is 351 g/mol. The zero-order valence-corrected chi connectivity index (χ0v) is 13.6. The molecule has 3 aromatic rings. The summed E-state index contributed by atoms with van der Waals surface area (Å²) in [7, 11) is 0. The molecule has 0 saturated carbocycles. The first kappa shape index (κ1) is 16.6. The molecule has 0 aromatic carbocycles. The first-order valence-electron chi connectivity index (χ1n) is 8.19. The van der Waals surface area contributed by atoms with Crippen molar-refractivity contribution in [1.29, 1.82) is 0 Å². The molecule has 26 heavy (non-hydrogen) atoms. The fraction of sp³-hybridized carbons (Fsp3) is 0.467. The van der Waals surface area contributed by atoms with Gasteiger partial charge in [-0.2, -0.15) is 13.2 Å². The Kier molecular flexibility index (Phi) is 3.93. The minimum Gasteiger partial charge on any atom is -0.347 e. The van der Waals surface area contributed by atoms with E-state index < -0.39 is 24.5 Å². The van der Waals surface area contributed by atoms with Gasteiger partial charge in [0.2, 0.25) is 11.9 Å². The van der Waals surface area contributed by atoms with Crippen LogP contribution in [0.2, 0.25) is 0 Å². The van der Waals surface area contributed by atoms with Crippen LogP contribution in [-0.4, -0.2) is 56.3 Å². The maximum absolute atomic E-state index is 12.3. The Morgan fingerprint density at radius 2 is 2.23 bits per heavy atom. The highest BCUT2D eigenvalue weighted by molar-refractivity contribution is 5.80. The number of carbonyl (C=O) groups excluding carboxylic acids is 1. The Balaban J connectivity index is 1.57. The van der Waals surface area contributed by atoms with Crippen LogP contribution in [0.4, 0.5) is 19.1 Å². The fourth-order valence-electron chi connectivity index (χ4n) is 3.28. The molecule has 8 nitrogen and oxygen atoms in total. The molecule has 4 rings (SSSR count). The van der Waals surface area contributed by atoms with E-state index in [0.29, 0.717) is 43.2 Å². The number of rotatable bonds is 3. The number of carbonyl (C=O) groups is 1. The van der Waals surface area contributed by atoms with Crippen LogP contribution in [0.25, 0.3) is 16.8 Å². The number of aromatic amines is 1. The number of hydrogen-bond acceptors (Lipinski definition) is 5. The number of piperidine rings is 1. The second-order valence-electron chi connectivity index (χ2n) is 6.28. The molecule has 0 spiro atoms. The lowest BCUT2D eigenvalue weighted by Gasteiger charge is -2.32. The van der Waals surface area contributed by atoms with Crippen LogP contribution in [0.3, 0.4) is 0 Å². The maximum Gasteiger partial charge on any atom is 0.405 e. The summed E-state index contributed by atoms with van der Waals surface area (Å²) in [6.45, 7) is -0.346. The fourth-order valence-corrected chi connectivity index (χ4v) is 3.28. The molecule has 1 fully saturated rings. The largest absolute Gasteiger partial charge is 0.405 e. The number of anilines is 1. The molecule has 138 valence electrons. The molecule has 1 amide bonds. The Hall–Kier alpha value is -2.85. The van der Waals surface area contributed by atoms with Crippen molar-refractivity contribution in [2.75, 3.05) is 24.5 Å². The van der Waals surface area contributed by atoms with Crippen LogP contribution in [-0.2, 0) is 4.79 Å². The van der Waals surface area contributed by atoms with Crippen molar-refractivity contribution in [2.45, 2.75) is 19.0 Å². The van der Waals surface area contributed by atoms with E-state index in [2.05, 4.69) is 20.2 Å². The highest BCUT2D eigenvalue weighted by Gasteiger charge is 2.32. The van der Waals surface area contributed by atoms with Gasteiger partial charge in [-0.25, -0.2) is 4.98 Å². The van der Waals surface area contributed by atoms with Gasteiger partial charge in [-0.15, -0.1) is 10.2 Å². The second-order valence-corrected chi connectivity index (χ2v) is 6.28. The minimum atomic E-state index is -4.41. The van der Waals surface area contributed by atoms with Crippen molar-refractivity contribution in [2.24, 2.45) is 5.92 Å². The van der Waals surface area contributed by atoms with E-state index in [9.17, 15) is 18.0 Å². The number of nitrogens with zero attached hydrogens (tertiary/aromatic N) is 5. The standard InChI is InChI=1S/C15H16F3N7O/c16-15(17,18)8-21-13(26)9-2-1-5-24(7-9)14-20-6-11-22-23-12-10(25(11)14)3-4-19-12/h3-4,6,9,19H,1-2,5,7-8H2,(H,21,26). The van der Waals surface area contributed by atoms with Crippen LogP contribution < -0.4 is 10.2 Å². The summed E-state index contributed by atoms with van der Waals surface area (Å²) in [5.74, 6) is -0.498. The lowest BCUT2D eigenvalue weighted by Crippen LogP contribution is -2.45. The molecule has 1 aliphatic heterocycles. The third kappa shape index (κ3) is 3.04. The molecule has 1 aliphatic rings. The first-order valence-corrected chi connectivity index (χ1v) is 8.19. The van der Waals surface area contributed by atoms with Gasteiger partial charge >= 0.3 is 6.18 Å². The van der Waals surface area contributed by atoms with Crippen LogP contribution in [0.1, 0.15) is 12.8 Å². The van der Waals surface area contributed by atoms with Crippen molar-refractivity contribution in [1.82, 2.24) is 29.9 Å². The number of alkyl halides is 3. The third-order valence-electron chi connectivity index (χ3n) is 4.46. The molecular formula is C15H16F3N7O. The third-order valence-corrected chi connectivity index (χ3v) is 4.46.